The summed E-state index contributed by atoms with van der Waals surface area (Å²) in [5.74, 6) is 2.66. The molecule has 0 radical (unpaired) electrons. The predicted molar refractivity (Wildman–Crippen MR) is 241 cm³/mol. The highest BCUT2D eigenvalue weighted by Gasteiger charge is 2.30. The molecule has 0 spiro atoms. The van der Waals surface area contributed by atoms with E-state index >= 15 is 0 Å². The average Bonchev–Trinajstić information content (AvgIpc) is 4.13. The van der Waals surface area contributed by atoms with E-state index in [0.717, 1.165) is 106 Å². The molecule has 12 nitrogen and oxygen atoms in total. The van der Waals surface area contributed by atoms with E-state index in [2.05, 4.69) is 26.3 Å². The van der Waals surface area contributed by atoms with E-state index in [1.165, 1.54) is 42.0 Å². The second-order valence-electron chi connectivity index (χ2n) is 15.6. The summed E-state index contributed by atoms with van der Waals surface area (Å²) in [4.78, 5) is 20.5. The van der Waals surface area contributed by atoms with Crippen LogP contribution in [0.2, 0.25) is 0 Å². The molecule has 4 aromatic carbocycles. The molecule has 0 bridgehead atoms. The van der Waals surface area contributed by atoms with Gasteiger partial charge in [0.1, 0.15) is 40.3 Å². The number of nitrogens with zero attached hydrogens (tertiary/aromatic N) is 6. The van der Waals surface area contributed by atoms with Crippen molar-refractivity contribution in [3.8, 4) is 45.4 Å². The van der Waals surface area contributed by atoms with E-state index in [9.17, 15) is 13.6 Å². The van der Waals surface area contributed by atoms with Gasteiger partial charge in [-0.3, -0.25) is 4.79 Å². The maximum atomic E-state index is 13.3. The van der Waals surface area contributed by atoms with E-state index in [1.807, 2.05) is 77.8 Å². The lowest BCUT2D eigenvalue weighted by Gasteiger charge is -2.20. The Morgan fingerprint density at radius 2 is 1.23 bits per heavy atom. The van der Waals surface area contributed by atoms with E-state index in [0.29, 0.717) is 23.6 Å². The van der Waals surface area contributed by atoms with Crippen molar-refractivity contribution in [2.75, 3.05) is 20.0 Å². The summed E-state index contributed by atoms with van der Waals surface area (Å²) in [5, 5.41) is 8.58. The number of ether oxygens (including phenoxy) is 2. The van der Waals surface area contributed by atoms with Gasteiger partial charge in [-0.2, -0.15) is 0 Å². The topological polar surface area (TPSA) is 149 Å². The van der Waals surface area contributed by atoms with Crippen LogP contribution in [0.5, 0.6) is 11.5 Å². The normalized spacial score (nSPS) is 13.9. The molecule has 1 atom stereocenters. The average molecular weight is 868 g/mol. The Balaban J connectivity index is 0.000000164. The van der Waals surface area contributed by atoms with Crippen molar-refractivity contribution >= 4 is 11.5 Å². The van der Waals surface area contributed by atoms with E-state index in [1.54, 1.807) is 26.9 Å². The van der Waals surface area contributed by atoms with Gasteiger partial charge in [-0.1, -0.05) is 42.0 Å². The lowest BCUT2D eigenvalue weighted by molar-refractivity contribution is 0.0934. The molecule has 10 rings (SSSR count). The van der Waals surface area contributed by atoms with Crippen LogP contribution in [-0.2, 0) is 19.3 Å². The third-order valence-electron chi connectivity index (χ3n) is 11.2. The fourth-order valence-corrected chi connectivity index (χ4v) is 8.04. The monoisotopic (exact) mass is 867 g/mol. The summed E-state index contributed by atoms with van der Waals surface area (Å²) >= 11 is 0. The Morgan fingerprint density at radius 1 is 0.703 bits per heavy atom. The number of benzene rings is 4. The van der Waals surface area contributed by atoms with Gasteiger partial charge in [0, 0.05) is 52.7 Å². The van der Waals surface area contributed by atoms with Crippen LogP contribution in [0.4, 0.5) is 14.5 Å². The Hall–Kier alpha value is -7.35. The first-order chi connectivity index (χ1) is 30.6. The second-order valence-corrected chi connectivity index (χ2v) is 15.6. The van der Waals surface area contributed by atoms with Crippen molar-refractivity contribution in [1.29, 1.82) is 0 Å². The van der Waals surface area contributed by atoms with Crippen LogP contribution >= 0.6 is 0 Å². The molecule has 0 aliphatic heterocycles. The number of halogens is 2. The number of imidazole rings is 2. The zero-order chi connectivity index (χ0) is 44.0. The lowest BCUT2D eigenvalue weighted by Crippen LogP contribution is -2.11. The van der Waals surface area contributed by atoms with E-state index < -0.39 is 0 Å². The number of Topliss-reactive ketones (excluding diaryl/α,β-unsaturated/α-hetero) is 1. The predicted octanol–water partition coefficient (Wildman–Crippen LogP) is 11.1. The third kappa shape index (κ3) is 9.81. The van der Waals surface area contributed by atoms with Gasteiger partial charge < -0.3 is 33.4 Å². The molecule has 2 aliphatic rings. The van der Waals surface area contributed by atoms with E-state index in [4.69, 9.17) is 24.3 Å². The Kier molecular flexibility index (Phi) is 13.8. The molecule has 64 heavy (non-hydrogen) atoms. The Morgan fingerprint density at radius 3 is 1.77 bits per heavy atom. The van der Waals surface area contributed by atoms with Crippen LogP contribution in [0.1, 0.15) is 83.4 Å². The summed E-state index contributed by atoms with van der Waals surface area (Å²) in [6, 6.07) is 24.4. The number of carbonyl (C=O) groups excluding carboxylic acids is 1. The Bertz CT molecular complexity index is 2820. The molecular formula is C50H51F2N7O5. The minimum absolute atomic E-state index is 0. The first-order valence-electron chi connectivity index (χ1n) is 20.7. The van der Waals surface area contributed by atoms with Gasteiger partial charge in [0.2, 0.25) is 11.5 Å². The molecule has 0 saturated carbocycles. The smallest absolute Gasteiger partial charge is 0.206 e. The molecule has 4 heterocycles. The molecule has 4 aromatic heterocycles. The minimum Gasteiger partial charge on any atom is -0.495 e. The van der Waals surface area contributed by atoms with Crippen molar-refractivity contribution in [2.24, 2.45) is 0 Å². The summed E-state index contributed by atoms with van der Waals surface area (Å²) in [5.41, 5.74) is 16.2. The van der Waals surface area contributed by atoms with Gasteiger partial charge in [0.25, 0.3) is 0 Å². The fourth-order valence-electron chi connectivity index (χ4n) is 8.04. The lowest BCUT2D eigenvalue weighted by atomic mass is 9.83. The van der Waals surface area contributed by atoms with Gasteiger partial charge in [0.05, 0.1) is 49.6 Å². The molecule has 0 saturated heterocycles. The molecule has 8 aromatic rings. The standard InChI is InChI=1S/C25H24FN3O2.C18H17N3O3.C6H6FN.CH4/c1-16-14-29(15-27-16)22-11-8-18(13-23(22)30-2)24-21-5-3-4-19(25(21)31-28-24)12-17-6-9-20(26)10-7-17;1-11-9-21(10-19-11)14-7-6-12(8-16(14)23-2)17-13-4-3-5-15(22)18(13)24-20-17;7-5-1-3-6(8)4-2-5;/h6-11,13-15,19H,3-5,12H2,1-2H3;6-10H,3-5H2,1-2H3;1-4H,8H2;1H4. The molecule has 0 amide bonds. The van der Waals surface area contributed by atoms with Crippen molar-refractivity contribution in [3.63, 3.8) is 0 Å². The van der Waals surface area contributed by atoms with Crippen molar-refractivity contribution in [1.82, 2.24) is 29.4 Å². The minimum atomic E-state index is -0.251. The van der Waals surface area contributed by atoms with Gasteiger partial charge in [-0.25, -0.2) is 18.7 Å². The second kappa shape index (κ2) is 19.8. The van der Waals surface area contributed by atoms with Gasteiger partial charge in [-0.15, -0.1) is 0 Å². The molecule has 330 valence electrons. The van der Waals surface area contributed by atoms with Crippen LogP contribution in [0.3, 0.4) is 0 Å². The summed E-state index contributed by atoms with van der Waals surface area (Å²) < 4.78 is 51.5. The molecule has 2 aliphatic carbocycles. The fraction of sp³-hybridized carbons (Fsp3) is 0.260. The first kappa shape index (κ1) is 44.7. The highest BCUT2D eigenvalue weighted by Crippen LogP contribution is 2.41. The third-order valence-corrected chi connectivity index (χ3v) is 11.2. The maximum absolute atomic E-state index is 13.3. The van der Waals surface area contributed by atoms with Crippen LogP contribution in [-0.4, -0.2) is 49.4 Å². The molecule has 14 heteroatoms. The number of aromatic nitrogens is 6. The van der Waals surface area contributed by atoms with E-state index in [-0.39, 0.29) is 30.8 Å². The van der Waals surface area contributed by atoms with Gasteiger partial charge in [0.15, 0.2) is 0 Å². The SMILES string of the molecule is C.COc1cc(-c2noc3c2CCCC3=O)ccc1-n1cnc(C)c1.COc1cc(-c2noc3c2CCCC3Cc2ccc(F)cc2)ccc1-n1cnc(C)c1.Nc1ccc(F)cc1. The maximum Gasteiger partial charge on any atom is 0.206 e. The van der Waals surface area contributed by atoms with Crippen LogP contribution in [0.15, 0.2) is 119 Å². The largest absolute Gasteiger partial charge is 0.495 e. The number of methoxy groups -OCH3 is 2. The van der Waals surface area contributed by atoms with Crippen LogP contribution in [0, 0.1) is 25.5 Å². The van der Waals surface area contributed by atoms with Crippen LogP contribution < -0.4 is 15.2 Å². The van der Waals surface area contributed by atoms with Crippen molar-refractivity contribution < 1.29 is 32.1 Å². The number of rotatable bonds is 8. The molecular weight excluding hydrogens is 817 g/mol. The number of anilines is 1. The van der Waals surface area contributed by atoms with Crippen molar-refractivity contribution in [2.45, 2.75) is 72.1 Å². The summed E-state index contributed by atoms with van der Waals surface area (Å²) in [6.07, 6.45) is 13.5. The van der Waals surface area contributed by atoms with Crippen LogP contribution in [0.25, 0.3) is 33.9 Å². The highest BCUT2D eigenvalue weighted by molar-refractivity contribution is 5.97. The van der Waals surface area contributed by atoms with Crippen molar-refractivity contribution in [3.05, 3.63) is 161 Å². The van der Waals surface area contributed by atoms with Gasteiger partial charge in [-0.05, 0) is 119 Å². The number of nitrogen functional groups attached to an aromatic ring is 1. The number of carbonyl (C=O) groups is 1. The number of fused-ring (bicyclic) bond motifs is 2. The number of aryl methyl sites for hydroxylation is 2. The number of ketones is 1. The molecule has 1 unspecified atom stereocenters. The van der Waals surface area contributed by atoms with Gasteiger partial charge >= 0.3 is 0 Å². The summed E-state index contributed by atoms with van der Waals surface area (Å²) in [6.45, 7) is 3.90. The number of hydrogen-bond donors (Lipinski definition) is 1. The zero-order valence-electron chi connectivity index (χ0n) is 35.5. The first-order valence-corrected chi connectivity index (χ1v) is 20.7. The molecule has 2 N–H and O–H groups in total. The zero-order valence-corrected chi connectivity index (χ0v) is 35.5. The molecule has 0 fully saturated rings. The quantitative estimate of drug-likeness (QED) is 0.146. The Labute approximate surface area is 370 Å². The number of hydrogen-bond acceptors (Lipinski definition) is 10. The number of nitrogens with two attached hydrogens (primary N) is 1. The highest BCUT2D eigenvalue weighted by atomic mass is 19.1. The summed E-state index contributed by atoms with van der Waals surface area (Å²) in [7, 11) is 3.30.